The second-order valence-corrected chi connectivity index (χ2v) is 3.46. The highest BCUT2D eigenvalue weighted by Gasteiger charge is 2.09. The Morgan fingerprint density at radius 3 is 3.07 bits per heavy atom. The molecule has 1 rings (SSSR count). The first kappa shape index (κ1) is 11.9. The van der Waals surface area contributed by atoms with Gasteiger partial charge in [0, 0.05) is 12.2 Å². The van der Waals surface area contributed by atoms with Crippen LogP contribution in [0.2, 0.25) is 0 Å². The summed E-state index contributed by atoms with van der Waals surface area (Å²) in [6.07, 6.45) is 8.66. The van der Waals surface area contributed by atoms with Gasteiger partial charge in [0.15, 0.2) is 0 Å². The van der Waals surface area contributed by atoms with Crippen molar-refractivity contribution in [2.45, 2.75) is 32.2 Å². The van der Waals surface area contributed by atoms with Crippen LogP contribution in [-0.2, 0) is 0 Å². The van der Waals surface area contributed by atoms with Crippen molar-refractivity contribution in [1.29, 1.82) is 0 Å². The standard InChI is InChI=1S/C12H19N3/c1-3-5-6-7-11(14-4-2)12-8-9-13-10-15-12/h3,8-11,14H,1,4-7H2,2H3. The van der Waals surface area contributed by atoms with E-state index in [1.165, 1.54) is 0 Å². The van der Waals surface area contributed by atoms with Crippen LogP contribution in [0.1, 0.15) is 37.9 Å². The summed E-state index contributed by atoms with van der Waals surface area (Å²) in [5.41, 5.74) is 1.08. The van der Waals surface area contributed by atoms with Crippen LogP contribution in [0.3, 0.4) is 0 Å². The number of hydrogen-bond acceptors (Lipinski definition) is 3. The summed E-state index contributed by atoms with van der Waals surface area (Å²) in [6, 6.07) is 2.32. The van der Waals surface area contributed by atoms with Crippen LogP contribution in [0, 0.1) is 0 Å². The molecule has 0 saturated heterocycles. The van der Waals surface area contributed by atoms with Gasteiger partial charge in [0.2, 0.25) is 0 Å². The predicted octanol–water partition coefficient (Wildman–Crippen LogP) is 2.48. The van der Waals surface area contributed by atoms with E-state index in [1.807, 2.05) is 12.1 Å². The van der Waals surface area contributed by atoms with E-state index < -0.39 is 0 Å². The maximum Gasteiger partial charge on any atom is 0.115 e. The fourth-order valence-electron chi connectivity index (χ4n) is 1.57. The minimum absolute atomic E-state index is 0.345. The molecule has 0 spiro atoms. The number of nitrogens with one attached hydrogen (secondary N) is 1. The lowest BCUT2D eigenvalue weighted by atomic mass is 10.1. The largest absolute Gasteiger partial charge is 0.309 e. The Balaban J connectivity index is 2.53. The zero-order chi connectivity index (χ0) is 10.9. The first-order valence-electron chi connectivity index (χ1n) is 5.48. The summed E-state index contributed by atoms with van der Waals surface area (Å²) in [6.45, 7) is 6.80. The van der Waals surface area contributed by atoms with Crippen molar-refractivity contribution in [3.63, 3.8) is 0 Å². The lowest BCUT2D eigenvalue weighted by molar-refractivity contribution is 0.489. The Hall–Kier alpha value is -1.22. The fraction of sp³-hybridized carbons (Fsp3) is 0.500. The summed E-state index contributed by atoms with van der Waals surface area (Å²) < 4.78 is 0. The van der Waals surface area contributed by atoms with Gasteiger partial charge in [-0.25, -0.2) is 9.97 Å². The Bertz CT molecular complexity index is 271. The zero-order valence-electron chi connectivity index (χ0n) is 9.32. The number of hydrogen-bond donors (Lipinski definition) is 1. The smallest absolute Gasteiger partial charge is 0.115 e. The third-order valence-electron chi connectivity index (χ3n) is 2.31. The number of rotatable bonds is 7. The molecular formula is C12H19N3. The average Bonchev–Trinajstić information content (AvgIpc) is 2.29. The highest BCUT2D eigenvalue weighted by atomic mass is 14.9. The Kier molecular flexibility index (Phi) is 5.63. The molecule has 1 unspecified atom stereocenters. The minimum Gasteiger partial charge on any atom is -0.309 e. The highest BCUT2D eigenvalue weighted by molar-refractivity contribution is 5.04. The molecule has 1 aromatic rings. The summed E-state index contributed by atoms with van der Waals surface area (Å²) in [7, 11) is 0. The normalized spacial score (nSPS) is 12.3. The molecule has 82 valence electrons. The molecule has 0 amide bonds. The quantitative estimate of drug-likeness (QED) is 0.549. The predicted molar refractivity (Wildman–Crippen MR) is 62.5 cm³/mol. The van der Waals surface area contributed by atoms with Crippen molar-refractivity contribution in [3.8, 4) is 0 Å². The maximum absolute atomic E-state index is 4.28. The Morgan fingerprint density at radius 2 is 2.47 bits per heavy atom. The van der Waals surface area contributed by atoms with Crippen molar-refractivity contribution in [2.75, 3.05) is 6.54 Å². The molecule has 0 radical (unpaired) electrons. The van der Waals surface area contributed by atoms with Crippen LogP contribution in [0.4, 0.5) is 0 Å². The molecule has 0 aliphatic rings. The number of nitrogens with zero attached hydrogens (tertiary/aromatic N) is 2. The molecule has 1 N–H and O–H groups in total. The van der Waals surface area contributed by atoms with E-state index in [0.717, 1.165) is 31.5 Å². The third kappa shape index (κ3) is 4.21. The second kappa shape index (κ2) is 7.12. The fourth-order valence-corrected chi connectivity index (χ4v) is 1.57. The SMILES string of the molecule is C=CCCCC(NCC)c1ccncn1. The van der Waals surface area contributed by atoms with Crippen LogP contribution in [0.15, 0.2) is 31.2 Å². The molecule has 1 aromatic heterocycles. The van der Waals surface area contributed by atoms with Gasteiger partial charge in [-0.15, -0.1) is 6.58 Å². The molecule has 0 aromatic carbocycles. The van der Waals surface area contributed by atoms with Crippen LogP contribution in [-0.4, -0.2) is 16.5 Å². The molecule has 1 atom stereocenters. The lowest BCUT2D eigenvalue weighted by Crippen LogP contribution is -2.21. The molecule has 0 aliphatic carbocycles. The maximum atomic E-state index is 4.28. The first-order valence-corrected chi connectivity index (χ1v) is 5.48. The van der Waals surface area contributed by atoms with Crippen LogP contribution in [0.5, 0.6) is 0 Å². The number of aromatic nitrogens is 2. The van der Waals surface area contributed by atoms with Gasteiger partial charge in [-0.1, -0.05) is 13.0 Å². The highest BCUT2D eigenvalue weighted by Crippen LogP contribution is 2.16. The lowest BCUT2D eigenvalue weighted by Gasteiger charge is -2.16. The molecule has 0 aliphatic heterocycles. The van der Waals surface area contributed by atoms with E-state index >= 15 is 0 Å². The van der Waals surface area contributed by atoms with Gasteiger partial charge in [0.05, 0.1) is 5.69 Å². The summed E-state index contributed by atoms with van der Waals surface area (Å²) >= 11 is 0. The molecule has 3 nitrogen and oxygen atoms in total. The number of allylic oxidation sites excluding steroid dienone is 1. The van der Waals surface area contributed by atoms with Gasteiger partial charge in [0.1, 0.15) is 6.33 Å². The topological polar surface area (TPSA) is 37.8 Å². The van der Waals surface area contributed by atoms with Crippen LogP contribution < -0.4 is 5.32 Å². The van der Waals surface area contributed by atoms with Crippen LogP contribution >= 0.6 is 0 Å². The average molecular weight is 205 g/mol. The van der Waals surface area contributed by atoms with E-state index in [2.05, 4.69) is 28.8 Å². The molecule has 1 heterocycles. The van der Waals surface area contributed by atoms with Gasteiger partial charge in [-0.3, -0.25) is 0 Å². The van der Waals surface area contributed by atoms with Crippen LogP contribution in [0.25, 0.3) is 0 Å². The molecule has 0 fully saturated rings. The van der Waals surface area contributed by atoms with Gasteiger partial charge in [0.25, 0.3) is 0 Å². The van der Waals surface area contributed by atoms with Crippen molar-refractivity contribution in [3.05, 3.63) is 36.9 Å². The van der Waals surface area contributed by atoms with Crippen molar-refractivity contribution in [2.24, 2.45) is 0 Å². The molecule has 3 heteroatoms. The van der Waals surface area contributed by atoms with Crippen molar-refractivity contribution in [1.82, 2.24) is 15.3 Å². The number of unbranched alkanes of at least 4 members (excludes halogenated alkanes) is 1. The van der Waals surface area contributed by atoms with Gasteiger partial charge in [-0.05, 0) is 31.9 Å². The van der Waals surface area contributed by atoms with E-state index in [9.17, 15) is 0 Å². The summed E-state index contributed by atoms with van der Waals surface area (Å²) in [4.78, 5) is 8.21. The van der Waals surface area contributed by atoms with E-state index in [0.29, 0.717) is 6.04 Å². The minimum atomic E-state index is 0.345. The molecular weight excluding hydrogens is 186 g/mol. The molecule has 15 heavy (non-hydrogen) atoms. The summed E-state index contributed by atoms with van der Waals surface area (Å²) in [5.74, 6) is 0. The van der Waals surface area contributed by atoms with E-state index in [1.54, 1.807) is 12.5 Å². The summed E-state index contributed by atoms with van der Waals surface area (Å²) in [5, 5.41) is 3.43. The first-order chi connectivity index (χ1) is 7.38. The van der Waals surface area contributed by atoms with Gasteiger partial charge in [-0.2, -0.15) is 0 Å². The Labute approximate surface area is 91.7 Å². The molecule has 0 saturated carbocycles. The van der Waals surface area contributed by atoms with Gasteiger partial charge < -0.3 is 5.32 Å². The van der Waals surface area contributed by atoms with Crippen molar-refractivity contribution >= 4 is 0 Å². The van der Waals surface area contributed by atoms with E-state index in [-0.39, 0.29) is 0 Å². The van der Waals surface area contributed by atoms with Gasteiger partial charge >= 0.3 is 0 Å². The zero-order valence-corrected chi connectivity index (χ0v) is 9.32. The van der Waals surface area contributed by atoms with Crippen molar-refractivity contribution < 1.29 is 0 Å². The second-order valence-electron chi connectivity index (χ2n) is 3.46. The van der Waals surface area contributed by atoms with E-state index in [4.69, 9.17) is 0 Å². The Morgan fingerprint density at radius 1 is 1.60 bits per heavy atom. The molecule has 0 bridgehead atoms. The monoisotopic (exact) mass is 205 g/mol. The third-order valence-corrected chi connectivity index (χ3v) is 2.31.